The molecule has 0 rings (SSSR count). The predicted octanol–water partition coefficient (Wildman–Crippen LogP) is 5.87. The van der Waals surface area contributed by atoms with Gasteiger partial charge >= 0.3 is 0 Å². The molecule has 0 heterocycles. The SMILES string of the molecule is C=C(C)/C=C\C(=C)C(=C)/C=C\C(=C)C(=C)C/C=C\C. The second-order valence-corrected chi connectivity index (χ2v) is 4.47. The molecular formula is C19H24. The Morgan fingerprint density at radius 3 is 1.74 bits per heavy atom. The van der Waals surface area contributed by atoms with Gasteiger partial charge in [0.25, 0.3) is 0 Å². The lowest BCUT2D eigenvalue weighted by atomic mass is 10.0. The van der Waals surface area contributed by atoms with Crippen molar-refractivity contribution in [3.63, 3.8) is 0 Å². The largest absolute Gasteiger partial charge is 0.0961 e. The van der Waals surface area contributed by atoms with Crippen LogP contribution in [-0.4, -0.2) is 0 Å². The fraction of sp³-hybridized carbons (Fsp3) is 0.158. The summed E-state index contributed by atoms with van der Waals surface area (Å²) in [6.45, 7) is 23.7. The Morgan fingerprint density at radius 2 is 1.26 bits per heavy atom. The summed E-state index contributed by atoms with van der Waals surface area (Å²) in [6, 6.07) is 0. The molecule has 0 atom stereocenters. The molecule has 19 heavy (non-hydrogen) atoms. The van der Waals surface area contributed by atoms with Gasteiger partial charge in [-0.15, -0.1) is 0 Å². The van der Waals surface area contributed by atoms with E-state index >= 15 is 0 Å². The summed E-state index contributed by atoms with van der Waals surface area (Å²) in [4.78, 5) is 0. The smallest absolute Gasteiger partial charge is 0.00977 e. The van der Waals surface area contributed by atoms with Crippen LogP contribution in [0.4, 0.5) is 0 Å². The van der Waals surface area contributed by atoms with Crippen LogP contribution < -0.4 is 0 Å². The molecule has 0 aliphatic rings. The topological polar surface area (TPSA) is 0 Å². The zero-order valence-electron chi connectivity index (χ0n) is 12.2. The van der Waals surface area contributed by atoms with Gasteiger partial charge in [0.2, 0.25) is 0 Å². The molecule has 0 nitrogen and oxygen atoms in total. The van der Waals surface area contributed by atoms with Crippen LogP contribution in [-0.2, 0) is 0 Å². The van der Waals surface area contributed by atoms with E-state index < -0.39 is 0 Å². The van der Waals surface area contributed by atoms with Crippen LogP contribution in [0.3, 0.4) is 0 Å². The zero-order chi connectivity index (χ0) is 14.8. The maximum Gasteiger partial charge on any atom is -0.00977 e. The highest BCUT2D eigenvalue weighted by Crippen LogP contribution is 2.15. The minimum atomic E-state index is 0.822. The Hall–Kier alpha value is -2.08. The van der Waals surface area contributed by atoms with E-state index in [0.717, 1.165) is 34.3 Å². The van der Waals surface area contributed by atoms with Crippen LogP contribution in [0.15, 0.2) is 97.2 Å². The minimum absolute atomic E-state index is 0.822. The van der Waals surface area contributed by atoms with E-state index in [9.17, 15) is 0 Å². The minimum Gasteiger partial charge on any atom is -0.0961 e. The van der Waals surface area contributed by atoms with Gasteiger partial charge in [-0.1, -0.05) is 74.9 Å². The molecule has 0 unspecified atom stereocenters. The molecule has 0 bridgehead atoms. The van der Waals surface area contributed by atoms with Crippen molar-refractivity contribution in [2.45, 2.75) is 20.3 Å². The summed E-state index contributed by atoms with van der Waals surface area (Å²) in [5, 5.41) is 0. The average molecular weight is 252 g/mol. The summed E-state index contributed by atoms with van der Waals surface area (Å²) >= 11 is 0. The van der Waals surface area contributed by atoms with Crippen LogP contribution >= 0.6 is 0 Å². The van der Waals surface area contributed by atoms with Gasteiger partial charge in [0.1, 0.15) is 0 Å². The third-order valence-electron chi connectivity index (χ3n) is 2.52. The Kier molecular flexibility index (Phi) is 7.95. The van der Waals surface area contributed by atoms with Crippen molar-refractivity contribution in [2.75, 3.05) is 0 Å². The third-order valence-corrected chi connectivity index (χ3v) is 2.52. The van der Waals surface area contributed by atoms with E-state index in [0.29, 0.717) is 0 Å². The normalized spacial score (nSPS) is 11.3. The summed E-state index contributed by atoms with van der Waals surface area (Å²) < 4.78 is 0. The Balaban J connectivity index is 4.51. The second kappa shape index (κ2) is 8.93. The molecule has 0 aliphatic carbocycles. The van der Waals surface area contributed by atoms with Gasteiger partial charge in [-0.2, -0.15) is 0 Å². The molecule has 100 valence electrons. The lowest BCUT2D eigenvalue weighted by molar-refractivity contribution is 1.26. The van der Waals surface area contributed by atoms with Crippen LogP contribution in [0.1, 0.15) is 20.3 Å². The van der Waals surface area contributed by atoms with Crippen molar-refractivity contribution in [3.8, 4) is 0 Å². The second-order valence-electron chi connectivity index (χ2n) is 4.47. The first kappa shape index (κ1) is 16.9. The molecule has 0 spiro atoms. The highest BCUT2D eigenvalue weighted by molar-refractivity contribution is 5.47. The van der Waals surface area contributed by atoms with E-state index in [1.807, 2.05) is 44.2 Å². The quantitative estimate of drug-likeness (QED) is 0.374. The average Bonchev–Trinajstić information content (AvgIpc) is 2.38. The Bertz CT molecular complexity index is 476. The number of allylic oxidation sites excluding steroid dienone is 11. The highest BCUT2D eigenvalue weighted by Gasteiger charge is 1.96. The fourth-order valence-electron chi connectivity index (χ4n) is 1.17. The van der Waals surface area contributed by atoms with Crippen LogP contribution in [0.2, 0.25) is 0 Å². The predicted molar refractivity (Wildman–Crippen MR) is 89.1 cm³/mol. The van der Waals surface area contributed by atoms with Gasteiger partial charge in [0.15, 0.2) is 0 Å². The first-order chi connectivity index (χ1) is 8.88. The van der Waals surface area contributed by atoms with Crippen LogP contribution in [0.5, 0.6) is 0 Å². The van der Waals surface area contributed by atoms with Crippen LogP contribution in [0, 0.1) is 0 Å². The van der Waals surface area contributed by atoms with Crippen molar-refractivity contribution < 1.29 is 0 Å². The molecule has 0 aromatic rings. The van der Waals surface area contributed by atoms with E-state index in [2.05, 4.69) is 39.0 Å². The number of hydrogen-bond acceptors (Lipinski definition) is 0. The molecule has 0 heteroatoms. The van der Waals surface area contributed by atoms with Crippen molar-refractivity contribution >= 4 is 0 Å². The third kappa shape index (κ3) is 7.77. The standard InChI is InChI=1S/C19H24/c1-8-9-10-16(4)18(6)13-14-19(7)17(5)12-11-15(2)3/h8-9,11-14H,2,4-7,10H2,1,3H3/b9-8-,12-11-,14-13-. The first-order valence-electron chi connectivity index (χ1n) is 6.26. The Labute approximate surface area is 118 Å². The van der Waals surface area contributed by atoms with Crippen molar-refractivity contribution in [1.82, 2.24) is 0 Å². The molecule has 0 aliphatic heterocycles. The molecule has 0 aromatic heterocycles. The van der Waals surface area contributed by atoms with Gasteiger partial charge in [-0.05, 0) is 42.6 Å². The van der Waals surface area contributed by atoms with Crippen molar-refractivity contribution in [2.24, 2.45) is 0 Å². The van der Waals surface area contributed by atoms with Gasteiger partial charge in [0.05, 0.1) is 0 Å². The first-order valence-corrected chi connectivity index (χ1v) is 6.26. The molecule has 0 aromatic carbocycles. The van der Waals surface area contributed by atoms with E-state index in [1.165, 1.54) is 0 Å². The highest BCUT2D eigenvalue weighted by atomic mass is 14.0. The lowest BCUT2D eigenvalue weighted by Gasteiger charge is -2.03. The number of rotatable bonds is 8. The molecule has 0 radical (unpaired) electrons. The van der Waals surface area contributed by atoms with Gasteiger partial charge < -0.3 is 0 Å². The molecule has 0 saturated carbocycles. The zero-order valence-corrected chi connectivity index (χ0v) is 12.2. The van der Waals surface area contributed by atoms with Gasteiger partial charge in [-0.3, -0.25) is 0 Å². The van der Waals surface area contributed by atoms with E-state index in [4.69, 9.17) is 0 Å². The maximum absolute atomic E-state index is 3.99. The number of hydrogen-bond donors (Lipinski definition) is 0. The molecule has 0 amide bonds. The van der Waals surface area contributed by atoms with Gasteiger partial charge in [0, 0.05) is 0 Å². The van der Waals surface area contributed by atoms with E-state index in [1.54, 1.807) is 0 Å². The molecule has 0 N–H and O–H groups in total. The fourth-order valence-corrected chi connectivity index (χ4v) is 1.17. The summed E-state index contributed by atoms with van der Waals surface area (Å²) in [5.41, 5.74) is 4.63. The monoisotopic (exact) mass is 252 g/mol. The van der Waals surface area contributed by atoms with Crippen molar-refractivity contribution in [3.05, 3.63) is 97.2 Å². The van der Waals surface area contributed by atoms with Crippen molar-refractivity contribution in [1.29, 1.82) is 0 Å². The summed E-state index contributed by atoms with van der Waals surface area (Å²) in [7, 11) is 0. The molecule has 0 fully saturated rings. The summed E-state index contributed by atoms with van der Waals surface area (Å²) in [5.74, 6) is 0. The molecule has 0 saturated heterocycles. The summed E-state index contributed by atoms with van der Waals surface area (Å²) in [6.07, 6.45) is 12.6. The Morgan fingerprint density at radius 1 is 0.789 bits per heavy atom. The molecular weight excluding hydrogens is 228 g/mol. The lowest BCUT2D eigenvalue weighted by Crippen LogP contribution is -1.83. The van der Waals surface area contributed by atoms with E-state index in [-0.39, 0.29) is 0 Å². The van der Waals surface area contributed by atoms with Crippen LogP contribution in [0.25, 0.3) is 0 Å². The maximum atomic E-state index is 3.99. The van der Waals surface area contributed by atoms with Gasteiger partial charge in [-0.25, -0.2) is 0 Å².